The van der Waals surface area contributed by atoms with E-state index in [1.165, 1.54) is 10.8 Å². The van der Waals surface area contributed by atoms with E-state index in [0.717, 1.165) is 12.8 Å². The van der Waals surface area contributed by atoms with Gasteiger partial charge in [0.15, 0.2) is 0 Å². The number of benzene rings is 1. The Balaban J connectivity index is 2.61. The lowest BCUT2D eigenvalue weighted by atomic mass is 10.0. The van der Waals surface area contributed by atoms with Crippen molar-refractivity contribution in [1.29, 1.82) is 0 Å². The maximum atomic E-state index is 12.4. The lowest BCUT2D eigenvalue weighted by Gasteiger charge is -2.12. The number of para-hydroxylation sites is 1. The van der Waals surface area contributed by atoms with E-state index in [1.807, 2.05) is 19.9 Å². The highest BCUT2D eigenvalue weighted by molar-refractivity contribution is 6.06. The monoisotopic (exact) mass is 259 g/mol. The molecule has 0 aliphatic heterocycles. The largest absolute Gasteiger partial charge is 0.478 e. The molecule has 0 saturated heterocycles. The zero-order chi connectivity index (χ0) is 14.0. The van der Waals surface area contributed by atoms with Gasteiger partial charge in [0.2, 0.25) is 5.91 Å². The van der Waals surface area contributed by atoms with Gasteiger partial charge in [0, 0.05) is 17.5 Å². The summed E-state index contributed by atoms with van der Waals surface area (Å²) in [7, 11) is 0. The highest BCUT2D eigenvalue weighted by Crippen LogP contribution is 2.23. The third-order valence-electron chi connectivity index (χ3n) is 3.51. The second-order valence-corrected chi connectivity index (χ2v) is 4.59. The van der Waals surface area contributed by atoms with Gasteiger partial charge in [-0.15, -0.1) is 0 Å². The van der Waals surface area contributed by atoms with Crippen molar-refractivity contribution >= 4 is 22.8 Å². The minimum Gasteiger partial charge on any atom is -0.478 e. The molecule has 1 aromatic heterocycles. The van der Waals surface area contributed by atoms with E-state index in [9.17, 15) is 14.7 Å². The molecule has 0 aliphatic rings. The molecule has 2 aromatic rings. The van der Waals surface area contributed by atoms with Crippen LogP contribution in [0.4, 0.5) is 0 Å². The number of carbonyl (C=O) groups is 2. The third kappa shape index (κ3) is 2.26. The lowest BCUT2D eigenvalue weighted by Crippen LogP contribution is -2.19. The average molecular weight is 259 g/mol. The SMILES string of the molecule is CCC(CC)C(=O)n1cc(C(=O)O)c2ccccc21. The molecule has 100 valence electrons. The van der Waals surface area contributed by atoms with Crippen molar-refractivity contribution < 1.29 is 14.7 Å². The predicted molar refractivity (Wildman–Crippen MR) is 73.6 cm³/mol. The number of hydrogen-bond acceptors (Lipinski definition) is 2. The van der Waals surface area contributed by atoms with Gasteiger partial charge in [-0.05, 0) is 18.9 Å². The summed E-state index contributed by atoms with van der Waals surface area (Å²) >= 11 is 0. The smallest absolute Gasteiger partial charge is 0.337 e. The second-order valence-electron chi connectivity index (χ2n) is 4.59. The maximum Gasteiger partial charge on any atom is 0.337 e. The van der Waals surface area contributed by atoms with Gasteiger partial charge < -0.3 is 5.11 Å². The first-order valence-corrected chi connectivity index (χ1v) is 6.47. The molecule has 0 amide bonds. The fraction of sp³-hybridized carbons (Fsp3) is 0.333. The summed E-state index contributed by atoms with van der Waals surface area (Å²) in [4.78, 5) is 23.7. The maximum absolute atomic E-state index is 12.4. The van der Waals surface area contributed by atoms with Crippen LogP contribution in [0.25, 0.3) is 10.9 Å². The molecule has 0 saturated carbocycles. The quantitative estimate of drug-likeness (QED) is 0.915. The first kappa shape index (κ1) is 13.3. The number of rotatable bonds is 4. The molecule has 0 atom stereocenters. The number of nitrogens with zero attached hydrogens (tertiary/aromatic N) is 1. The summed E-state index contributed by atoms with van der Waals surface area (Å²) in [6.45, 7) is 3.94. The number of fused-ring (bicyclic) bond motifs is 1. The van der Waals surface area contributed by atoms with Crippen LogP contribution < -0.4 is 0 Å². The molecule has 0 radical (unpaired) electrons. The van der Waals surface area contributed by atoms with Crippen molar-refractivity contribution in [2.45, 2.75) is 26.7 Å². The lowest BCUT2D eigenvalue weighted by molar-refractivity contribution is 0.0699. The van der Waals surface area contributed by atoms with E-state index < -0.39 is 5.97 Å². The number of hydrogen-bond donors (Lipinski definition) is 1. The van der Waals surface area contributed by atoms with Crippen molar-refractivity contribution in [3.8, 4) is 0 Å². The molecule has 2 rings (SSSR count). The Morgan fingerprint density at radius 3 is 2.42 bits per heavy atom. The van der Waals surface area contributed by atoms with Crippen LogP contribution in [0.2, 0.25) is 0 Å². The molecule has 1 heterocycles. The van der Waals surface area contributed by atoms with E-state index in [1.54, 1.807) is 18.2 Å². The zero-order valence-corrected chi connectivity index (χ0v) is 11.1. The van der Waals surface area contributed by atoms with Gasteiger partial charge >= 0.3 is 5.97 Å². The average Bonchev–Trinajstić information content (AvgIpc) is 2.79. The van der Waals surface area contributed by atoms with Gasteiger partial charge in [-0.3, -0.25) is 9.36 Å². The number of carbonyl (C=O) groups excluding carboxylic acids is 1. The minimum absolute atomic E-state index is 0.0336. The zero-order valence-electron chi connectivity index (χ0n) is 11.1. The molecule has 1 N–H and O–H groups in total. The van der Waals surface area contributed by atoms with E-state index in [0.29, 0.717) is 10.9 Å². The number of carboxylic acid groups (broad SMARTS) is 1. The molecule has 0 fully saturated rings. The van der Waals surface area contributed by atoms with Crippen LogP contribution >= 0.6 is 0 Å². The van der Waals surface area contributed by atoms with Gasteiger partial charge in [-0.2, -0.15) is 0 Å². The van der Waals surface area contributed by atoms with Crippen molar-refractivity contribution in [3.63, 3.8) is 0 Å². The van der Waals surface area contributed by atoms with Crippen LogP contribution in [0.15, 0.2) is 30.5 Å². The van der Waals surface area contributed by atoms with Crippen LogP contribution in [0.3, 0.4) is 0 Å². The molecule has 0 spiro atoms. The predicted octanol–water partition coefficient (Wildman–Crippen LogP) is 3.42. The fourth-order valence-corrected chi connectivity index (χ4v) is 2.37. The first-order valence-electron chi connectivity index (χ1n) is 6.47. The highest BCUT2D eigenvalue weighted by atomic mass is 16.4. The molecule has 1 aromatic carbocycles. The Morgan fingerprint density at radius 2 is 1.84 bits per heavy atom. The summed E-state index contributed by atoms with van der Waals surface area (Å²) in [5.74, 6) is -1.11. The summed E-state index contributed by atoms with van der Waals surface area (Å²) < 4.78 is 1.48. The molecule has 0 aliphatic carbocycles. The van der Waals surface area contributed by atoms with Crippen molar-refractivity contribution in [2.75, 3.05) is 0 Å². The molecular formula is C15H17NO3. The second kappa shape index (κ2) is 5.26. The van der Waals surface area contributed by atoms with Crippen molar-refractivity contribution in [2.24, 2.45) is 5.92 Å². The van der Waals surface area contributed by atoms with Gasteiger partial charge in [-0.25, -0.2) is 4.79 Å². The molecular weight excluding hydrogens is 242 g/mol. The Labute approximate surface area is 111 Å². The Morgan fingerprint density at radius 1 is 1.21 bits per heavy atom. The Hall–Kier alpha value is -2.10. The fourth-order valence-electron chi connectivity index (χ4n) is 2.37. The topological polar surface area (TPSA) is 59.3 Å². The Bertz CT molecular complexity index is 623. The van der Waals surface area contributed by atoms with E-state index >= 15 is 0 Å². The Kier molecular flexibility index (Phi) is 3.69. The summed E-state index contributed by atoms with van der Waals surface area (Å²) in [6, 6.07) is 7.10. The minimum atomic E-state index is -1.01. The van der Waals surface area contributed by atoms with Crippen LogP contribution in [0.1, 0.15) is 41.8 Å². The number of aromatic carboxylic acids is 1. The normalized spacial score (nSPS) is 11.1. The first-order chi connectivity index (χ1) is 9.10. The van der Waals surface area contributed by atoms with E-state index in [2.05, 4.69) is 0 Å². The molecule has 0 bridgehead atoms. The van der Waals surface area contributed by atoms with E-state index in [4.69, 9.17) is 0 Å². The standard InChI is InChI=1S/C15H17NO3/c1-3-10(4-2)14(17)16-9-12(15(18)19)11-7-5-6-8-13(11)16/h5-10H,3-4H2,1-2H3,(H,18,19). The van der Waals surface area contributed by atoms with Gasteiger partial charge in [0.1, 0.15) is 0 Å². The van der Waals surface area contributed by atoms with Gasteiger partial charge in [0.05, 0.1) is 11.1 Å². The number of carboxylic acids is 1. The van der Waals surface area contributed by atoms with Crippen molar-refractivity contribution in [1.82, 2.24) is 4.57 Å². The summed E-state index contributed by atoms with van der Waals surface area (Å²) in [6.07, 6.45) is 2.95. The summed E-state index contributed by atoms with van der Waals surface area (Å²) in [5, 5.41) is 9.81. The molecule has 19 heavy (non-hydrogen) atoms. The van der Waals surface area contributed by atoms with Gasteiger partial charge in [-0.1, -0.05) is 32.0 Å². The van der Waals surface area contributed by atoms with Crippen LogP contribution in [-0.4, -0.2) is 21.6 Å². The van der Waals surface area contributed by atoms with Crippen LogP contribution in [0, 0.1) is 5.92 Å². The third-order valence-corrected chi connectivity index (χ3v) is 3.51. The van der Waals surface area contributed by atoms with Crippen LogP contribution in [0.5, 0.6) is 0 Å². The van der Waals surface area contributed by atoms with E-state index in [-0.39, 0.29) is 17.4 Å². The van der Waals surface area contributed by atoms with Crippen LogP contribution in [-0.2, 0) is 0 Å². The van der Waals surface area contributed by atoms with Crippen molar-refractivity contribution in [3.05, 3.63) is 36.0 Å². The number of aromatic nitrogens is 1. The molecule has 0 unspecified atom stereocenters. The highest BCUT2D eigenvalue weighted by Gasteiger charge is 2.21. The summed E-state index contributed by atoms with van der Waals surface area (Å²) in [5.41, 5.74) is 0.840. The molecule has 4 nitrogen and oxygen atoms in total. The van der Waals surface area contributed by atoms with Gasteiger partial charge in [0.25, 0.3) is 0 Å². The molecule has 4 heteroatoms.